The van der Waals surface area contributed by atoms with E-state index in [1.54, 1.807) is 11.3 Å². The molecule has 0 aromatic carbocycles. The van der Waals surface area contributed by atoms with Crippen molar-refractivity contribution in [1.29, 1.82) is 0 Å². The zero-order chi connectivity index (χ0) is 13.0. The van der Waals surface area contributed by atoms with Gasteiger partial charge in [-0.3, -0.25) is 4.40 Å². The van der Waals surface area contributed by atoms with Gasteiger partial charge in [0.05, 0.1) is 18.1 Å². The quantitative estimate of drug-likeness (QED) is 0.477. The first-order valence-electron chi connectivity index (χ1n) is 5.66. The van der Waals surface area contributed by atoms with Crippen LogP contribution in [0.15, 0.2) is 30.7 Å². The number of hydrogen-bond donors (Lipinski definition) is 0. The summed E-state index contributed by atoms with van der Waals surface area (Å²) in [5.41, 5.74) is 3.00. The summed E-state index contributed by atoms with van der Waals surface area (Å²) in [7, 11) is 0. The average molecular weight is 381 g/mol. The van der Waals surface area contributed by atoms with E-state index in [2.05, 4.69) is 43.7 Å². The number of fused-ring (bicyclic) bond motifs is 2. The number of pyridine rings is 1. The normalized spacial score (nSPS) is 11.7. The minimum atomic E-state index is 0.922. The maximum absolute atomic E-state index is 4.55. The van der Waals surface area contributed by atoms with Gasteiger partial charge >= 0.3 is 0 Å². The van der Waals surface area contributed by atoms with Crippen molar-refractivity contribution < 1.29 is 0 Å². The molecule has 7 heteroatoms. The monoisotopic (exact) mass is 381 g/mol. The molecule has 4 aromatic heterocycles. The van der Waals surface area contributed by atoms with Gasteiger partial charge in [0.25, 0.3) is 0 Å². The topological polar surface area (TPSA) is 47.5 Å². The maximum Gasteiger partial charge on any atom is 0.212 e. The second-order valence-electron chi connectivity index (χ2n) is 4.24. The van der Waals surface area contributed by atoms with Crippen LogP contribution in [-0.4, -0.2) is 24.0 Å². The van der Waals surface area contributed by atoms with Gasteiger partial charge in [0, 0.05) is 11.8 Å². The third-order valence-corrected chi connectivity index (χ3v) is 4.65. The summed E-state index contributed by atoms with van der Waals surface area (Å²) in [5, 5.41) is 5.51. The van der Waals surface area contributed by atoms with Crippen molar-refractivity contribution >= 4 is 44.5 Å². The van der Waals surface area contributed by atoms with Crippen LogP contribution in [0.4, 0.5) is 0 Å². The molecule has 4 rings (SSSR count). The van der Waals surface area contributed by atoms with Gasteiger partial charge in [-0.25, -0.2) is 14.5 Å². The molecule has 0 aliphatic carbocycles. The summed E-state index contributed by atoms with van der Waals surface area (Å²) in [4.78, 5) is 9.71. The zero-order valence-corrected chi connectivity index (χ0v) is 12.9. The van der Waals surface area contributed by atoms with Gasteiger partial charge in [-0.15, -0.1) is 0 Å². The molecule has 0 unspecified atom stereocenters. The summed E-state index contributed by atoms with van der Waals surface area (Å²) in [6, 6.07) is 4.11. The fraction of sp³-hybridized carbons (Fsp3) is 0.0833. The van der Waals surface area contributed by atoms with Crippen molar-refractivity contribution in [2.45, 2.75) is 6.92 Å². The van der Waals surface area contributed by atoms with Crippen LogP contribution >= 0.6 is 33.9 Å². The van der Waals surface area contributed by atoms with Crippen molar-refractivity contribution in [3.63, 3.8) is 0 Å². The molecular weight excluding hydrogens is 373 g/mol. The summed E-state index contributed by atoms with van der Waals surface area (Å²) in [5.74, 6) is 0. The Morgan fingerprint density at radius 2 is 2.26 bits per heavy atom. The highest BCUT2D eigenvalue weighted by atomic mass is 127. The molecule has 0 bridgehead atoms. The highest BCUT2D eigenvalue weighted by molar-refractivity contribution is 14.1. The first-order chi connectivity index (χ1) is 9.20. The first kappa shape index (κ1) is 11.4. The smallest absolute Gasteiger partial charge is 0.212 e. The van der Waals surface area contributed by atoms with Crippen LogP contribution in [0.1, 0.15) is 5.69 Å². The number of nitrogens with zero attached hydrogens (tertiary/aromatic N) is 5. The minimum Gasteiger partial charge on any atom is -0.295 e. The number of aryl methyl sites for hydroxylation is 1. The van der Waals surface area contributed by atoms with E-state index < -0.39 is 0 Å². The lowest BCUT2D eigenvalue weighted by molar-refractivity contribution is 0.975. The summed E-state index contributed by atoms with van der Waals surface area (Å²) < 4.78 is 4.98. The van der Waals surface area contributed by atoms with Gasteiger partial charge in [0.1, 0.15) is 14.4 Å². The predicted molar refractivity (Wildman–Crippen MR) is 82.5 cm³/mol. The second-order valence-corrected chi connectivity index (χ2v) is 6.30. The molecule has 5 nitrogen and oxygen atoms in total. The number of hydrogen-bond acceptors (Lipinski definition) is 4. The molecule has 4 heterocycles. The van der Waals surface area contributed by atoms with E-state index in [9.17, 15) is 0 Å². The maximum atomic E-state index is 4.55. The molecule has 0 atom stereocenters. The van der Waals surface area contributed by atoms with Gasteiger partial charge in [-0.2, -0.15) is 5.10 Å². The van der Waals surface area contributed by atoms with E-state index in [1.165, 1.54) is 0 Å². The van der Waals surface area contributed by atoms with Gasteiger partial charge in [0.2, 0.25) is 4.96 Å². The van der Waals surface area contributed by atoms with Crippen molar-refractivity contribution in [3.8, 4) is 10.6 Å². The molecule has 0 saturated heterocycles. The third kappa shape index (κ3) is 1.76. The molecule has 0 aliphatic heterocycles. The van der Waals surface area contributed by atoms with Gasteiger partial charge in [-0.05, 0) is 41.6 Å². The number of halogens is 1. The Morgan fingerprint density at radius 1 is 1.37 bits per heavy atom. The van der Waals surface area contributed by atoms with Gasteiger partial charge < -0.3 is 0 Å². The highest BCUT2D eigenvalue weighted by Gasteiger charge is 2.10. The predicted octanol–water partition coefficient (Wildman–Crippen LogP) is 3.02. The Balaban J connectivity index is 1.90. The molecule has 0 amide bonds. The van der Waals surface area contributed by atoms with E-state index in [1.807, 2.05) is 40.5 Å². The van der Waals surface area contributed by atoms with E-state index in [-0.39, 0.29) is 0 Å². The lowest BCUT2D eigenvalue weighted by Gasteiger charge is -1.98. The number of rotatable bonds is 1. The Bertz CT molecular complexity index is 872. The number of imidazole rings is 2. The summed E-state index contributed by atoms with van der Waals surface area (Å²) in [6.45, 7) is 1.97. The molecular formula is C12H8IN5S. The van der Waals surface area contributed by atoms with E-state index >= 15 is 0 Å². The van der Waals surface area contributed by atoms with Gasteiger partial charge in [0.15, 0.2) is 0 Å². The molecule has 0 spiro atoms. The molecule has 0 aliphatic rings. The van der Waals surface area contributed by atoms with Crippen molar-refractivity contribution in [2.75, 3.05) is 0 Å². The zero-order valence-electron chi connectivity index (χ0n) is 9.91. The van der Waals surface area contributed by atoms with Crippen LogP contribution < -0.4 is 0 Å². The van der Waals surface area contributed by atoms with Crippen LogP contribution in [0, 0.1) is 10.6 Å². The van der Waals surface area contributed by atoms with Crippen LogP contribution in [0.25, 0.3) is 21.2 Å². The molecule has 4 aromatic rings. The Hall–Kier alpha value is -1.48. The Labute approximate surface area is 126 Å². The van der Waals surface area contributed by atoms with Crippen molar-refractivity contribution in [3.05, 3.63) is 40.1 Å². The van der Waals surface area contributed by atoms with E-state index in [4.69, 9.17) is 0 Å². The molecule has 0 saturated carbocycles. The van der Waals surface area contributed by atoms with Crippen LogP contribution in [0.3, 0.4) is 0 Å². The largest absolute Gasteiger partial charge is 0.295 e. The molecule has 19 heavy (non-hydrogen) atoms. The highest BCUT2D eigenvalue weighted by Crippen LogP contribution is 2.26. The molecule has 94 valence electrons. The van der Waals surface area contributed by atoms with Crippen molar-refractivity contribution in [2.24, 2.45) is 0 Å². The fourth-order valence-corrected chi connectivity index (χ4v) is 3.48. The SMILES string of the molecule is Cc1cn2nc(-c3ccn4c(I)cnc4c3)sc2n1. The molecule has 0 fully saturated rings. The van der Waals surface area contributed by atoms with Crippen LogP contribution in [0.2, 0.25) is 0 Å². The standard InChI is InChI=1S/C12H8IN5S/c1-7-6-18-12(15-7)19-11(16-18)8-2-3-17-9(13)5-14-10(17)4-8/h2-6H,1H3. The van der Waals surface area contributed by atoms with Crippen LogP contribution in [0.5, 0.6) is 0 Å². The van der Waals surface area contributed by atoms with E-state index in [0.29, 0.717) is 0 Å². The minimum absolute atomic E-state index is 0.922. The lowest BCUT2D eigenvalue weighted by atomic mass is 10.3. The summed E-state index contributed by atoms with van der Waals surface area (Å²) >= 11 is 3.86. The third-order valence-electron chi connectivity index (χ3n) is 2.88. The first-order valence-corrected chi connectivity index (χ1v) is 7.56. The van der Waals surface area contributed by atoms with Crippen LogP contribution in [-0.2, 0) is 0 Å². The van der Waals surface area contributed by atoms with E-state index in [0.717, 1.165) is 30.6 Å². The second kappa shape index (κ2) is 4.01. The molecule has 0 N–H and O–H groups in total. The lowest BCUT2D eigenvalue weighted by Crippen LogP contribution is -1.88. The average Bonchev–Trinajstić information content (AvgIpc) is 3.02. The molecule has 0 radical (unpaired) electrons. The summed E-state index contributed by atoms with van der Waals surface area (Å²) in [6.07, 6.45) is 5.82. The van der Waals surface area contributed by atoms with Gasteiger partial charge in [-0.1, -0.05) is 11.3 Å². The number of aromatic nitrogens is 5. The Morgan fingerprint density at radius 3 is 3.11 bits per heavy atom. The van der Waals surface area contributed by atoms with Crippen molar-refractivity contribution in [1.82, 2.24) is 24.0 Å². The Kier molecular flexibility index (Phi) is 2.39. The fourth-order valence-electron chi connectivity index (χ4n) is 2.01.